The minimum atomic E-state index is -0.176. The Kier molecular flexibility index (Phi) is 6.36. The number of hydrogen-bond acceptors (Lipinski definition) is 2. The van der Waals surface area contributed by atoms with Gasteiger partial charge < -0.3 is 5.32 Å². The van der Waals surface area contributed by atoms with Gasteiger partial charge in [-0.25, -0.2) is 0 Å². The smallest absolute Gasteiger partial charge is 0.165 e. The highest BCUT2D eigenvalue weighted by molar-refractivity contribution is 9.10. The van der Waals surface area contributed by atoms with Crippen molar-refractivity contribution in [2.24, 2.45) is 0 Å². The van der Waals surface area contributed by atoms with Gasteiger partial charge in [-0.3, -0.25) is 4.79 Å². The Morgan fingerprint density at radius 3 is 1.96 bits per heavy atom. The zero-order valence-corrected chi connectivity index (χ0v) is 16.9. The molecule has 2 nitrogen and oxygen atoms in total. The highest BCUT2D eigenvalue weighted by Gasteiger charge is 2.17. The van der Waals surface area contributed by atoms with Crippen molar-refractivity contribution in [2.45, 2.75) is 12.5 Å². The van der Waals surface area contributed by atoms with Gasteiger partial charge in [-0.2, -0.15) is 0 Å². The number of carbonyl (C=O) groups is 1. The molecule has 0 aromatic heterocycles. The van der Waals surface area contributed by atoms with Gasteiger partial charge in [0, 0.05) is 32.2 Å². The van der Waals surface area contributed by atoms with Crippen LogP contribution in [0.2, 0.25) is 10.0 Å². The molecule has 132 valence electrons. The average molecular weight is 449 g/mol. The summed E-state index contributed by atoms with van der Waals surface area (Å²) < 4.78 is 0.947. The third kappa shape index (κ3) is 5.10. The maximum atomic E-state index is 12.7. The lowest BCUT2D eigenvalue weighted by Crippen LogP contribution is -2.15. The molecule has 0 saturated carbocycles. The summed E-state index contributed by atoms with van der Waals surface area (Å²) in [6, 6.07) is 22.2. The van der Waals surface area contributed by atoms with E-state index in [-0.39, 0.29) is 11.8 Å². The summed E-state index contributed by atoms with van der Waals surface area (Å²) in [5.74, 6) is 0.0684. The van der Waals surface area contributed by atoms with Gasteiger partial charge in [-0.15, -0.1) is 0 Å². The highest BCUT2D eigenvalue weighted by atomic mass is 79.9. The summed E-state index contributed by atoms with van der Waals surface area (Å²) in [5.41, 5.74) is 2.58. The summed E-state index contributed by atoms with van der Waals surface area (Å²) in [5, 5.41) is 4.76. The Labute approximate surface area is 171 Å². The Morgan fingerprint density at radius 1 is 0.846 bits per heavy atom. The fourth-order valence-electron chi connectivity index (χ4n) is 2.63. The van der Waals surface area contributed by atoms with Crippen molar-refractivity contribution in [2.75, 3.05) is 5.32 Å². The number of Topliss-reactive ketones (excluding diaryl/α,β-unsaturated/α-hetero) is 1. The molecule has 0 spiro atoms. The van der Waals surface area contributed by atoms with Crippen LogP contribution in [0.3, 0.4) is 0 Å². The first-order valence-corrected chi connectivity index (χ1v) is 9.62. The van der Waals surface area contributed by atoms with E-state index in [2.05, 4.69) is 21.2 Å². The molecule has 0 saturated heterocycles. The van der Waals surface area contributed by atoms with E-state index in [4.69, 9.17) is 23.2 Å². The van der Waals surface area contributed by atoms with E-state index in [0.29, 0.717) is 22.0 Å². The summed E-state index contributed by atoms with van der Waals surface area (Å²) >= 11 is 15.4. The van der Waals surface area contributed by atoms with Crippen LogP contribution >= 0.6 is 39.1 Å². The quantitative estimate of drug-likeness (QED) is 0.404. The van der Waals surface area contributed by atoms with Gasteiger partial charge in [0.1, 0.15) is 0 Å². The number of benzene rings is 3. The van der Waals surface area contributed by atoms with Gasteiger partial charge >= 0.3 is 0 Å². The van der Waals surface area contributed by atoms with Crippen molar-refractivity contribution in [1.29, 1.82) is 0 Å². The van der Waals surface area contributed by atoms with E-state index in [9.17, 15) is 4.79 Å². The number of ketones is 1. The molecular formula is C21H16BrCl2NO. The van der Waals surface area contributed by atoms with Crippen LogP contribution in [0.5, 0.6) is 0 Å². The lowest BCUT2D eigenvalue weighted by molar-refractivity contribution is 0.0976. The minimum absolute atomic E-state index is 0.0684. The SMILES string of the molecule is O=C(CC(Nc1ccc(Cl)cc1)c1ccc(Cl)cc1)c1ccc(Br)cc1. The molecule has 0 aliphatic heterocycles. The van der Waals surface area contributed by atoms with Gasteiger partial charge in [0.05, 0.1) is 6.04 Å². The second-order valence-electron chi connectivity index (χ2n) is 5.89. The third-order valence-electron chi connectivity index (χ3n) is 4.01. The third-order valence-corrected chi connectivity index (χ3v) is 5.05. The van der Waals surface area contributed by atoms with Gasteiger partial charge in [0.15, 0.2) is 5.78 Å². The first kappa shape index (κ1) is 19.0. The Balaban J connectivity index is 1.84. The predicted octanol–water partition coefficient (Wildman–Crippen LogP) is 7.18. The van der Waals surface area contributed by atoms with E-state index in [0.717, 1.165) is 15.7 Å². The van der Waals surface area contributed by atoms with E-state index in [1.807, 2.05) is 72.8 Å². The van der Waals surface area contributed by atoms with Crippen LogP contribution in [0, 0.1) is 0 Å². The second-order valence-corrected chi connectivity index (χ2v) is 7.68. The van der Waals surface area contributed by atoms with Crippen LogP contribution in [-0.2, 0) is 0 Å². The second kappa shape index (κ2) is 8.72. The molecule has 0 radical (unpaired) electrons. The average Bonchev–Trinajstić information content (AvgIpc) is 2.64. The predicted molar refractivity (Wildman–Crippen MR) is 112 cm³/mol. The fraction of sp³-hybridized carbons (Fsp3) is 0.0952. The van der Waals surface area contributed by atoms with Gasteiger partial charge in [-0.05, 0) is 54.1 Å². The minimum Gasteiger partial charge on any atom is -0.378 e. The number of carbonyl (C=O) groups excluding carboxylic acids is 1. The maximum absolute atomic E-state index is 12.7. The number of nitrogens with one attached hydrogen (secondary N) is 1. The molecule has 3 aromatic carbocycles. The summed E-state index contributed by atoms with van der Waals surface area (Å²) in [7, 11) is 0. The molecular weight excluding hydrogens is 433 g/mol. The normalized spacial score (nSPS) is 11.8. The standard InChI is InChI=1S/C21H16BrCl2NO/c22-16-5-1-15(2-6-16)21(26)13-20(14-3-7-17(23)8-4-14)25-19-11-9-18(24)10-12-19/h1-12,20,25H,13H2. The number of hydrogen-bond donors (Lipinski definition) is 1. The van der Waals surface area contributed by atoms with Crippen LogP contribution < -0.4 is 5.32 Å². The zero-order chi connectivity index (χ0) is 18.5. The zero-order valence-electron chi connectivity index (χ0n) is 13.8. The van der Waals surface area contributed by atoms with E-state index >= 15 is 0 Å². The van der Waals surface area contributed by atoms with Crippen LogP contribution in [0.25, 0.3) is 0 Å². The first-order chi connectivity index (χ1) is 12.5. The van der Waals surface area contributed by atoms with E-state index in [1.165, 1.54) is 0 Å². The van der Waals surface area contributed by atoms with Crippen molar-refractivity contribution in [3.63, 3.8) is 0 Å². The topological polar surface area (TPSA) is 29.1 Å². The van der Waals surface area contributed by atoms with Gasteiger partial charge in [-0.1, -0.05) is 63.4 Å². The molecule has 0 bridgehead atoms. The Hall–Kier alpha value is -1.81. The lowest BCUT2D eigenvalue weighted by Gasteiger charge is -2.20. The van der Waals surface area contributed by atoms with Crippen molar-refractivity contribution >= 4 is 50.6 Å². The lowest BCUT2D eigenvalue weighted by atomic mass is 9.97. The molecule has 5 heteroatoms. The molecule has 0 fully saturated rings. The molecule has 0 aliphatic rings. The summed E-state index contributed by atoms with van der Waals surface area (Å²) in [6.45, 7) is 0. The fourth-order valence-corrected chi connectivity index (χ4v) is 3.15. The summed E-state index contributed by atoms with van der Waals surface area (Å²) in [6.07, 6.45) is 0.325. The van der Waals surface area contributed by atoms with Crippen LogP contribution in [0.15, 0.2) is 77.3 Å². The molecule has 1 N–H and O–H groups in total. The highest BCUT2D eigenvalue weighted by Crippen LogP contribution is 2.27. The Morgan fingerprint density at radius 2 is 1.38 bits per heavy atom. The number of halogens is 3. The molecule has 3 rings (SSSR count). The molecule has 0 aliphatic carbocycles. The molecule has 0 heterocycles. The maximum Gasteiger partial charge on any atom is 0.165 e. The van der Waals surface area contributed by atoms with E-state index < -0.39 is 0 Å². The molecule has 0 amide bonds. The molecule has 3 aromatic rings. The van der Waals surface area contributed by atoms with E-state index in [1.54, 1.807) is 0 Å². The number of anilines is 1. The monoisotopic (exact) mass is 447 g/mol. The number of rotatable bonds is 6. The molecule has 1 unspecified atom stereocenters. The van der Waals surface area contributed by atoms with Crippen molar-refractivity contribution in [1.82, 2.24) is 0 Å². The van der Waals surface area contributed by atoms with Crippen molar-refractivity contribution < 1.29 is 4.79 Å². The largest absolute Gasteiger partial charge is 0.378 e. The Bertz CT molecular complexity index is 877. The van der Waals surface area contributed by atoms with Crippen molar-refractivity contribution in [3.8, 4) is 0 Å². The first-order valence-electron chi connectivity index (χ1n) is 8.07. The van der Waals surface area contributed by atoms with Gasteiger partial charge in [0.2, 0.25) is 0 Å². The van der Waals surface area contributed by atoms with Crippen LogP contribution in [0.1, 0.15) is 28.4 Å². The molecule has 1 atom stereocenters. The van der Waals surface area contributed by atoms with Crippen LogP contribution in [-0.4, -0.2) is 5.78 Å². The summed E-state index contributed by atoms with van der Waals surface area (Å²) in [4.78, 5) is 12.7. The van der Waals surface area contributed by atoms with Gasteiger partial charge in [0.25, 0.3) is 0 Å². The van der Waals surface area contributed by atoms with Crippen molar-refractivity contribution in [3.05, 3.63) is 98.4 Å². The van der Waals surface area contributed by atoms with Crippen LogP contribution in [0.4, 0.5) is 5.69 Å². The molecule has 26 heavy (non-hydrogen) atoms.